The molecule has 6 nitrogen and oxygen atoms in total. The van der Waals surface area contributed by atoms with Gasteiger partial charge in [-0.25, -0.2) is 4.39 Å². The van der Waals surface area contributed by atoms with E-state index >= 15 is 0 Å². The van der Waals surface area contributed by atoms with Gasteiger partial charge in [0.1, 0.15) is 17.3 Å². The quantitative estimate of drug-likeness (QED) is 0.470. The van der Waals surface area contributed by atoms with Gasteiger partial charge in [-0.05, 0) is 29.8 Å². The van der Waals surface area contributed by atoms with Crippen LogP contribution < -0.4 is 4.74 Å². The van der Waals surface area contributed by atoms with Gasteiger partial charge in [-0.1, -0.05) is 24.3 Å². The van der Waals surface area contributed by atoms with Gasteiger partial charge in [-0.2, -0.15) is 0 Å². The average molecular weight is 385 g/mol. The van der Waals surface area contributed by atoms with Crippen molar-refractivity contribution in [1.82, 2.24) is 4.90 Å². The first-order valence-electron chi connectivity index (χ1n) is 8.65. The Morgan fingerprint density at radius 3 is 2.50 bits per heavy atom. The molecule has 1 N–H and O–H groups in total. The number of likely N-dealkylation sites (tertiary alicyclic amines) is 1. The molecule has 0 radical (unpaired) electrons. The summed E-state index contributed by atoms with van der Waals surface area (Å²) in [5.41, 5.74) is 0.804. The molecular weight excluding hydrogens is 365 g/mol. The molecule has 0 aromatic heterocycles. The largest absolute Gasteiger partial charge is 0.507 e. The van der Waals surface area contributed by atoms with Crippen LogP contribution in [0.15, 0.2) is 54.1 Å². The molecule has 7 heteroatoms. The van der Waals surface area contributed by atoms with Crippen molar-refractivity contribution in [3.63, 3.8) is 0 Å². The lowest BCUT2D eigenvalue weighted by Gasteiger charge is -2.25. The van der Waals surface area contributed by atoms with Crippen molar-refractivity contribution in [2.24, 2.45) is 0 Å². The van der Waals surface area contributed by atoms with Crippen LogP contribution in [0.3, 0.4) is 0 Å². The number of carbonyl (C=O) groups excluding carboxylic acids is 2. The highest BCUT2D eigenvalue weighted by molar-refractivity contribution is 6.46. The van der Waals surface area contributed by atoms with Crippen molar-refractivity contribution in [1.29, 1.82) is 0 Å². The van der Waals surface area contributed by atoms with Crippen LogP contribution in [-0.2, 0) is 14.3 Å². The van der Waals surface area contributed by atoms with Gasteiger partial charge in [0.15, 0.2) is 0 Å². The molecule has 1 heterocycles. The molecule has 2 aromatic rings. The summed E-state index contributed by atoms with van der Waals surface area (Å²) in [6, 6.07) is 11.2. The van der Waals surface area contributed by atoms with E-state index in [2.05, 4.69) is 0 Å². The van der Waals surface area contributed by atoms with Crippen LogP contribution in [0.5, 0.6) is 5.75 Å². The predicted molar refractivity (Wildman–Crippen MR) is 100 cm³/mol. The van der Waals surface area contributed by atoms with E-state index in [0.717, 1.165) is 0 Å². The third-order valence-electron chi connectivity index (χ3n) is 4.61. The number of hydrogen-bond acceptors (Lipinski definition) is 5. The van der Waals surface area contributed by atoms with E-state index in [0.29, 0.717) is 16.9 Å². The maximum Gasteiger partial charge on any atom is 0.295 e. The molecule has 1 saturated heterocycles. The van der Waals surface area contributed by atoms with Crippen LogP contribution in [0.1, 0.15) is 17.2 Å². The average Bonchev–Trinajstić information content (AvgIpc) is 2.97. The maximum atomic E-state index is 13.4. The Bertz CT molecular complexity index is 923. The molecule has 0 saturated carbocycles. The SMILES string of the molecule is COCCN1C(=O)C(=O)/C(=C(\O)c2cccc(OC)c2)C1c1ccc(F)cc1. The number of rotatable bonds is 6. The van der Waals surface area contributed by atoms with Crippen LogP contribution >= 0.6 is 0 Å². The minimum absolute atomic E-state index is 0.0547. The zero-order chi connectivity index (χ0) is 20.3. The molecule has 28 heavy (non-hydrogen) atoms. The molecule has 3 rings (SSSR count). The Kier molecular flexibility index (Phi) is 5.75. The first-order valence-corrected chi connectivity index (χ1v) is 8.65. The summed E-state index contributed by atoms with van der Waals surface area (Å²) in [5, 5.41) is 10.9. The molecule has 0 bridgehead atoms. The fourth-order valence-corrected chi connectivity index (χ4v) is 3.22. The minimum atomic E-state index is -0.845. The summed E-state index contributed by atoms with van der Waals surface area (Å²) >= 11 is 0. The molecule has 0 aliphatic carbocycles. The Morgan fingerprint density at radius 2 is 1.86 bits per heavy atom. The lowest BCUT2D eigenvalue weighted by atomic mass is 9.95. The van der Waals surface area contributed by atoms with Crippen molar-refractivity contribution in [2.75, 3.05) is 27.4 Å². The number of nitrogens with zero attached hydrogens (tertiary/aromatic N) is 1. The summed E-state index contributed by atoms with van der Waals surface area (Å²) in [6.45, 7) is 0.363. The topological polar surface area (TPSA) is 76.1 Å². The molecule has 1 unspecified atom stereocenters. The smallest absolute Gasteiger partial charge is 0.295 e. The lowest BCUT2D eigenvalue weighted by Crippen LogP contribution is -2.32. The summed E-state index contributed by atoms with van der Waals surface area (Å²) < 4.78 is 23.6. The highest BCUT2D eigenvalue weighted by Crippen LogP contribution is 2.39. The highest BCUT2D eigenvalue weighted by Gasteiger charge is 2.45. The van der Waals surface area contributed by atoms with Gasteiger partial charge < -0.3 is 19.5 Å². The van der Waals surface area contributed by atoms with E-state index in [1.807, 2.05) is 0 Å². The van der Waals surface area contributed by atoms with Gasteiger partial charge in [0, 0.05) is 19.2 Å². The predicted octanol–water partition coefficient (Wildman–Crippen LogP) is 2.90. The monoisotopic (exact) mass is 385 g/mol. The van der Waals surface area contributed by atoms with Gasteiger partial charge in [0.25, 0.3) is 11.7 Å². The Labute approximate surface area is 161 Å². The number of amides is 1. The van der Waals surface area contributed by atoms with Crippen molar-refractivity contribution in [3.05, 3.63) is 71.0 Å². The number of Topliss-reactive ketones (excluding diaryl/α,β-unsaturated/α-hetero) is 1. The molecule has 1 amide bonds. The summed E-state index contributed by atoms with van der Waals surface area (Å²) in [6.07, 6.45) is 0. The number of ether oxygens (including phenoxy) is 2. The number of benzene rings is 2. The number of hydrogen-bond donors (Lipinski definition) is 1. The molecular formula is C21H20FNO5. The number of aliphatic hydroxyl groups is 1. The molecule has 2 aromatic carbocycles. The van der Waals surface area contributed by atoms with Crippen LogP contribution in [0.4, 0.5) is 4.39 Å². The molecule has 1 aliphatic rings. The number of methoxy groups -OCH3 is 2. The van der Waals surface area contributed by atoms with Gasteiger partial charge in [0.2, 0.25) is 0 Å². The first-order chi connectivity index (χ1) is 13.5. The van der Waals surface area contributed by atoms with Crippen molar-refractivity contribution >= 4 is 17.4 Å². The Morgan fingerprint density at radius 1 is 1.14 bits per heavy atom. The second-order valence-corrected chi connectivity index (χ2v) is 6.27. The van der Waals surface area contributed by atoms with Crippen LogP contribution in [0, 0.1) is 5.82 Å². The molecule has 146 valence electrons. The number of aliphatic hydroxyl groups excluding tert-OH is 1. The molecule has 1 atom stereocenters. The van der Waals surface area contributed by atoms with E-state index in [1.165, 1.54) is 43.4 Å². The van der Waals surface area contributed by atoms with E-state index in [-0.39, 0.29) is 24.5 Å². The van der Waals surface area contributed by atoms with E-state index in [9.17, 15) is 19.1 Å². The van der Waals surface area contributed by atoms with E-state index < -0.39 is 23.5 Å². The van der Waals surface area contributed by atoms with Gasteiger partial charge >= 0.3 is 0 Å². The van der Waals surface area contributed by atoms with E-state index in [1.54, 1.807) is 24.3 Å². The van der Waals surface area contributed by atoms with Crippen molar-refractivity contribution in [2.45, 2.75) is 6.04 Å². The number of halogens is 1. The van der Waals surface area contributed by atoms with Crippen LogP contribution in [0.2, 0.25) is 0 Å². The zero-order valence-electron chi connectivity index (χ0n) is 15.5. The third kappa shape index (κ3) is 3.61. The van der Waals surface area contributed by atoms with Gasteiger partial charge in [0.05, 0.1) is 25.3 Å². The van der Waals surface area contributed by atoms with Crippen LogP contribution in [0.25, 0.3) is 5.76 Å². The fourth-order valence-electron chi connectivity index (χ4n) is 3.22. The minimum Gasteiger partial charge on any atom is -0.507 e. The molecule has 0 spiro atoms. The van der Waals surface area contributed by atoms with E-state index in [4.69, 9.17) is 9.47 Å². The highest BCUT2D eigenvalue weighted by atomic mass is 19.1. The summed E-state index contributed by atoms with van der Waals surface area (Å²) in [7, 11) is 2.97. The second-order valence-electron chi connectivity index (χ2n) is 6.27. The summed E-state index contributed by atoms with van der Waals surface area (Å²) in [5.74, 6) is -1.80. The Hall–Kier alpha value is -3.19. The van der Waals surface area contributed by atoms with Gasteiger partial charge in [-0.3, -0.25) is 9.59 Å². The first kappa shape index (κ1) is 19.6. The molecule has 1 fully saturated rings. The zero-order valence-corrected chi connectivity index (χ0v) is 15.5. The normalized spacial score (nSPS) is 18.5. The number of carbonyl (C=O) groups is 2. The van der Waals surface area contributed by atoms with Crippen LogP contribution in [-0.4, -0.2) is 49.1 Å². The third-order valence-corrected chi connectivity index (χ3v) is 4.61. The molecule has 1 aliphatic heterocycles. The van der Waals surface area contributed by atoms with Gasteiger partial charge in [-0.15, -0.1) is 0 Å². The standard InChI is InChI=1S/C21H20FNO5/c1-27-11-10-23-18(13-6-8-15(22)9-7-13)17(20(25)21(23)26)19(24)14-4-3-5-16(12-14)28-2/h3-9,12,18,24H,10-11H2,1-2H3/b19-17-. The summed E-state index contributed by atoms with van der Waals surface area (Å²) in [4.78, 5) is 26.7. The number of ketones is 1. The van der Waals surface area contributed by atoms with Crippen molar-refractivity contribution < 1.29 is 28.6 Å². The maximum absolute atomic E-state index is 13.4. The second kappa shape index (κ2) is 8.22. The lowest BCUT2D eigenvalue weighted by molar-refractivity contribution is -0.140. The fraction of sp³-hybridized carbons (Fsp3) is 0.238. The Balaban J connectivity index is 2.15. The van der Waals surface area contributed by atoms with Crippen molar-refractivity contribution in [3.8, 4) is 5.75 Å².